The minimum absolute atomic E-state index is 0.364. The monoisotopic (exact) mass is 369 g/mol. The van der Waals surface area contributed by atoms with Crippen molar-refractivity contribution in [3.8, 4) is 0 Å². The first-order valence-corrected chi connectivity index (χ1v) is 8.56. The highest BCUT2D eigenvalue weighted by Crippen LogP contribution is 2.28. The fourth-order valence-corrected chi connectivity index (χ4v) is 3.07. The Morgan fingerprint density at radius 3 is 2.41 bits per heavy atom. The van der Waals surface area contributed by atoms with E-state index in [1.165, 1.54) is 12.1 Å². The Hall–Kier alpha value is -3.22. The van der Waals surface area contributed by atoms with Crippen LogP contribution in [0.2, 0.25) is 0 Å². The normalized spacial score (nSPS) is 20.3. The number of nitrogens with zero attached hydrogens (tertiary/aromatic N) is 1. The summed E-state index contributed by atoms with van der Waals surface area (Å²) in [5.41, 5.74) is 0.156. The minimum Gasteiger partial charge on any atom is -0.348 e. The number of imide groups is 1. The standard InChI is InChI=1S/C20H20FN3O3/c1-13(14-8-10-16(21)11-9-14)22-17(25)12-24-18(26)20(2,23-19(24)27)15-6-4-3-5-7-15/h3-11,13H,12H2,1-2H3,(H,22,25)(H,23,27)/t13-,20+/m0/s1. The highest BCUT2D eigenvalue weighted by molar-refractivity contribution is 6.09. The summed E-state index contributed by atoms with van der Waals surface area (Å²) in [5.74, 6) is -1.33. The van der Waals surface area contributed by atoms with Gasteiger partial charge in [0, 0.05) is 0 Å². The molecule has 140 valence electrons. The lowest BCUT2D eigenvalue weighted by Gasteiger charge is -2.22. The van der Waals surface area contributed by atoms with Crippen molar-refractivity contribution in [3.63, 3.8) is 0 Å². The molecule has 7 heteroatoms. The summed E-state index contributed by atoms with van der Waals surface area (Å²) in [5, 5.41) is 5.37. The Morgan fingerprint density at radius 2 is 1.78 bits per heavy atom. The van der Waals surface area contributed by atoms with Crippen LogP contribution in [0.1, 0.15) is 31.0 Å². The van der Waals surface area contributed by atoms with E-state index in [1.54, 1.807) is 50.2 Å². The van der Waals surface area contributed by atoms with Gasteiger partial charge in [0.15, 0.2) is 0 Å². The zero-order chi connectivity index (χ0) is 19.6. The van der Waals surface area contributed by atoms with Gasteiger partial charge in [0.05, 0.1) is 6.04 Å². The molecule has 1 fully saturated rings. The molecule has 1 saturated heterocycles. The third-order valence-electron chi connectivity index (χ3n) is 4.68. The van der Waals surface area contributed by atoms with E-state index in [0.717, 1.165) is 10.5 Å². The van der Waals surface area contributed by atoms with Crippen molar-refractivity contribution in [1.29, 1.82) is 0 Å². The molecule has 0 aromatic heterocycles. The maximum atomic E-state index is 13.0. The first-order chi connectivity index (χ1) is 12.8. The summed E-state index contributed by atoms with van der Waals surface area (Å²) >= 11 is 0. The maximum Gasteiger partial charge on any atom is 0.325 e. The van der Waals surface area contributed by atoms with Crippen LogP contribution in [0, 0.1) is 5.82 Å². The molecule has 1 heterocycles. The minimum atomic E-state index is -1.21. The molecule has 2 N–H and O–H groups in total. The average Bonchev–Trinajstić information content (AvgIpc) is 2.87. The molecule has 2 aromatic rings. The van der Waals surface area contributed by atoms with Crippen molar-refractivity contribution >= 4 is 17.8 Å². The average molecular weight is 369 g/mol. The second-order valence-corrected chi connectivity index (χ2v) is 6.65. The third kappa shape index (κ3) is 3.67. The molecule has 2 atom stereocenters. The first-order valence-electron chi connectivity index (χ1n) is 8.56. The Morgan fingerprint density at radius 1 is 1.15 bits per heavy atom. The van der Waals surface area contributed by atoms with Crippen molar-refractivity contribution < 1.29 is 18.8 Å². The van der Waals surface area contributed by atoms with Crippen LogP contribution in [-0.4, -0.2) is 29.3 Å². The van der Waals surface area contributed by atoms with Gasteiger partial charge >= 0.3 is 6.03 Å². The fraction of sp³-hybridized carbons (Fsp3) is 0.250. The van der Waals surface area contributed by atoms with Gasteiger partial charge in [-0.25, -0.2) is 9.18 Å². The van der Waals surface area contributed by atoms with Crippen LogP contribution in [0.25, 0.3) is 0 Å². The van der Waals surface area contributed by atoms with Crippen molar-refractivity contribution in [2.45, 2.75) is 25.4 Å². The largest absolute Gasteiger partial charge is 0.348 e. The molecule has 0 unspecified atom stereocenters. The lowest BCUT2D eigenvalue weighted by molar-refractivity contribution is -0.135. The number of nitrogens with one attached hydrogen (secondary N) is 2. The molecule has 1 aliphatic heterocycles. The lowest BCUT2D eigenvalue weighted by Crippen LogP contribution is -2.43. The number of hydrogen-bond acceptors (Lipinski definition) is 3. The van der Waals surface area contributed by atoms with Crippen molar-refractivity contribution in [2.24, 2.45) is 0 Å². The van der Waals surface area contributed by atoms with Gasteiger partial charge in [0.2, 0.25) is 5.91 Å². The smallest absolute Gasteiger partial charge is 0.325 e. The molecule has 27 heavy (non-hydrogen) atoms. The summed E-state index contributed by atoms with van der Waals surface area (Å²) in [6.07, 6.45) is 0. The fourth-order valence-electron chi connectivity index (χ4n) is 3.07. The van der Waals surface area contributed by atoms with Gasteiger partial charge in [0.25, 0.3) is 5.91 Å². The summed E-state index contributed by atoms with van der Waals surface area (Å²) in [7, 11) is 0. The summed E-state index contributed by atoms with van der Waals surface area (Å²) < 4.78 is 13.0. The predicted molar refractivity (Wildman–Crippen MR) is 97.0 cm³/mol. The molecular formula is C20H20FN3O3. The van der Waals surface area contributed by atoms with Gasteiger partial charge in [-0.2, -0.15) is 0 Å². The lowest BCUT2D eigenvalue weighted by atomic mass is 9.92. The number of amides is 4. The van der Waals surface area contributed by atoms with E-state index in [1.807, 2.05) is 6.07 Å². The van der Waals surface area contributed by atoms with Crippen LogP contribution >= 0.6 is 0 Å². The number of hydrogen-bond donors (Lipinski definition) is 2. The number of carbonyl (C=O) groups is 3. The maximum absolute atomic E-state index is 13.0. The Labute approximate surface area is 156 Å². The van der Waals surface area contributed by atoms with Gasteiger partial charge in [-0.1, -0.05) is 42.5 Å². The molecule has 2 aromatic carbocycles. The number of benzene rings is 2. The summed E-state index contributed by atoms with van der Waals surface area (Å²) in [6, 6.07) is 13.6. The van der Waals surface area contributed by atoms with E-state index in [9.17, 15) is 18.8 Å². The molecular weight excluding hydrogens is 349 g/mol. The van der Waals surface area contributed by atoms with Crippen molar-refractivity contribution in [2.75, 3.05) is 6.54 Å². The summed E-state index contributed by atoms with van der Waals surface area (Å²) in [4.78, 5) is 38.3. The van der Waals surface area contributed by atoms with E-state index >= 15 is 0 Å². The zero-order valence-electron chi connectivity index (χ0n) is 15.0. The molecule has 0 spiro atoms. The van der Waals surface area contributed by atoms with E-state index < -0.39 is 29.9 Å². The zero-order valence-corrected chi connectivity index (χ0v) is 15.0. The Bertz CT molecular complexity index is 870. The van der Waals surface area contributed by atoms with Crippen LogP contribution in [-0.2, 0) is 15.1 Å². The van der Waals surface area contributed by atoms with Gasteiger partial charge in [-0.15, -0.1) is 0 Å². The van der Waals surface area contributed by atoms with Crippen molar-refractivity contribution in [3.05, 3.63) is 71.5 Å². The number of carbonyl (C=O) groups excluding carboxylic acids is 3. The van der Waals surface area contributed by atoms with Crippen LogP contribution in [0.3, 0.4) is 0 Å². The second kappa shape index (κ2) is 7.19. The third-order valence-corrected chi connectivity index (χ3v) is 4.68. The molecule has 4 amide bonds. The topological polar surface area (TPSA) is 78.5 Å². The van der Waals surface area contributed by atoms with Gasteiger partial charge in [-0.3, -0.25) is 14.5 Å². The van der Waals surface area contributed by atoms with Gasteiger partial charge in [-0.05, 0) is 37.1 Å². The van der Waals surface area contributed by atoms with E-state index in [4.69, 9.17) is 0 Å². The van der Waals surface area contributed by atoms with E-state index in [0.29, 0.717) is 5.56 Å². The van der Waals surface area contributed by atoms with Crippen molar-refractivity contribution in [1.82, 2.24) is 15.5 Å². The molecule has 1 aliphatic rings. The van der Waals surface area contributed by atoms with Crippen LogP contribution in [0.15, 0.2) is 54.6 Å². The number of urea groups is 1. The molecule has 6 nitrogen and oxygen atoms in total. The number of halogens is 1. The van der Waals surface area contributed by atoms with E-state index in [-0.39, 0.29) is 11.9 Å². The Kier molecular flexibility index (Phi) is 4.94. The SMILES string of the molecule is C[C@H](NC(=O)CN1C(=O)N[C@](C)(c2ccccc2)C1=O)c1ccc(F)cc1. The van der Waals surface area contributed by atoms with Gasteiger partial charge < -0.3 is 10.6 Å². The van der Waals surface area contributed by atoms with Gasteiger partial charge in [0.1, 0.15) is 17.9 Å². The second-order valence-electron chi connectivity index (χ2n) is 6.65. The highest BCUT2D eigenvalue weighted by atomic mass is 19.1. The first kappa shape index (κ1) is 18.6. The molecule has 0 bridgehead atoms. The molecule has 0 aliphatic carbocycles. The number of rotatable bonds is 5. The molecule has 3 rings (SSSR count). The molecule has 0 saturated carbocycles. The Balaban J connectivity index is 1.68. The quantitative estimate of drug-likeness (QED) is 0.795. The van der Waals surface area contributed by atoms with Crippen LogP contribution in [0.5, 0.6) is 0 Å². The van der Waals surface area contributed by atoms with Crippen LogP contribution in [0.4, 0.5) is 9.18 Å². The van der Waals surface area contributed by atoms with Crippen LogP contribution < -0.4 is 10.6 Å². The molecule has 0 radical (unpaired) electrons. The predicted octanol–water partition coefficient (Wildman–Crippen LogP) is 2.47. The summed E-state index contributed by atoms with van der Waals surface area (Å²) in [6.45, 7) is 2.96. The van der Waals surface area contributed by atoms with E-state index in [2.05, 4.69) is 10.6 Å². The highest BCUT2D eigenvalue weighted by Gasteiger charge is 2.49.